The quantitative estimate of drug-likeness (QED) is 0.763. The third kappa shape index (κ3) is 4.54. The largest absolute Gasteiger partial charge is 0.374 e. The van der Waals surface area contributed by atoms with E-state index in [-0.39, 0.29) is 0 Å². The minimum absolute atomic E-state index is 0.389. The van der Waals surface area contributed by atoms with Crippen molar-refractivity contribution in [2.45, 2.75) is 18.9 Å². The van der Waals surface area contributed by atoms with Gasteiger partial charge in [0.2, 0.25) is 0 Å². The molecule has 100 valence electrons. The maximum atomic E-state index is 5.74. The number of nitrogens with zero attached hydrogens (tertiary/aromatic N) is 2. The molecule has 17 heavy (non-hydrogen) atoms. The van der Waals surface area contributed by atoms with E-state index in [2.05, 4.69) is 29.2 Å². The normalized spacial score (nSPS) is 29.6. The summed E-state index contributed by atoms with van der Waals surface area (Å²) < 4.78 is 5.74. The van der Waals surface area contributed by atoms with Crippen molar-refractivity contribution < 1.29 is 4.74 Å². The lowest BCUT2D eigenvalue weighted by Crippen LogP contribution is -2.46. The van der Waals surface area contributed by atoms with E-state index in [1.807, 2.05) is 0 Å². The number of hydrogen-bond donors (Lipinski definition) is 1. The summed E-state index contributed by atoms with van der Waals surface area (Å²) in [6.45, 7) is 7.72. The lowest BCUT2D eigenvalue weighted by molar-refractivity contribution is -0.0186. The van der Waals surface area contributed by atoms with Gasteiger partial charge in [0, 0.05) is 19.6 Å². The SMILES string of the molecule is CN1CCC(CNCC2CN(C)CCO2)CC1. The predicted molar refractivity (Wildman–Crippen MR) is 70.3 cm³/mol. The van der Waals surface area contributed by atoms with Crippen molar-refractivity contribution in [3.05, 3.63) is 0 Å². The standard InChI is InChI=1S/C13H27N3O/c1-15-5-3-12(4-6-15)9-14-10-13-11-16(2)7-8-17-13/h12-14H,3-11H2,1-2H3. The van der Waals surface area contributed by atoms with Crippen molar-refractivity contribution in [2.24, 2.45) is 5.92 Å². The molecule has 0 aliphatic carbocycles. The first kappa shape index (κ1) is 13.3. The molecular weight excluding hydrogens is 214 g/mol. The number of ether oxygens (including phenoxy) is 1. The highest BCUT2D eigenvalue weighted by molar-refractivity contribution is 4.75. The second-order valence-electron chi connectivity index (χ2n) is 5.66. The van der Waals surface area contributed by atoms with Crippen LogP contribution in [0.2, 0.25) is 0 Å². The summed E-state index contributed by atoms with van der Waals surface area (Å²) in [5.74, 6) is 0.868. The van der Waals surface area contributed by atoms with E-state index < -0.39 is 0 Å². The molecule has 2 saturated heterocycles. The van der Waals surface area contributed by atoms with Crippen molar-refractivity contribution >= 4 is 0 Å². The average molecular weight is 241 g/mol. The van der Waals surface area contributed by atoms with Crippen molar-refractivity contribution in [1.82, 2.24) is 15.1 Å². The van der Waals surface area contributed by atoms with Gasteiger partial charge in [-0.2, -0.15) is 0 Å². The summed E-state index contributed by atoms with van der Waals surface area (Å²) in [6.07, 6.45) is 3.07. The van der Waals surface area contributed by atoms with E-state index in [0.29, 0.717) is 6.10 Å². The molecule has 0 bridgehead atoms. The van der Waals surface area contributed by atoms with E-state index in [9.17, 15) is 0 Å². The van der Waals surface area contributed by atoms with Gasteiger partial charge in [-0.1, -0.05) is 0 Å². The molecule has 0 radical (unpaired) electrons. The van der Waals surface area contributed by atoms with Crippen LogP contribution in [0.4, 0.5) is 0 Å². The second kappa shape index (κ2) is 6.69. The first-order valence-corrected chi connectivity index (χ1v) is 6.93. The third-order valence-corrected chi connectivity index (χ3v) is 3.99. The summed E-state index contributed by atoms with van der Waals surface area (Å²) in [5.41, 5.74) is 0. The summed E-state index contributed by atoms with van der Waals surface area (Å²) in [6, 6.07) is 0. The van der Waals surface area contributed by atoms with Crippen LogP contribution in [0.5, 0.6) is 0 Å². The van der Waals surface area contributed by atoms with Gasteiger partial charge in [0.05, 0.1) is 12.7 Å². The fraction of sp³-hybridized carbons (Fsp3) is 1.00. The maximum Gasteiger partial charge on any atom is 0.0826 e. The molecule has 2 fully saturated rings. The zero-order valence-electron chi connectivity index (χ0n) is 11.3. The highest BCUT2D eigenvalue weighted by Gasteiger charge is 2.19. The molecule has 2 aliphatic rings. The molecule has 0 amide bonds. The fourth-order valence-corrected chi connectivity index (χ4v) is 2.70. The Kier molecular flexibility index (Phi) is 5.22. The number of hydrogen-bond acceptors (Lipinski definition) is 4. The van der Waals surface area contributed by atoms with E-state index in [0.717, 1.165) is 38.7 Å². The maximum absolute atomic E-state index is 5.74. The molecule has 4 nitrogen and oxygen atoms in total. The lowest BCUT2D eigenvalue weighted by Gasteiger charge is -2.32. The Hall–Kier alpha value is -0.160. The molecule has 1 unspecified atom stereocenters. The molecule has 0 aromatic carbocycles. The van der Waals surface area contributed by atoms with Crippen LogP contribution in [0.1, 0.15) is 12.8 Å². The van der Waals surface area contributed by atoms with Gasteiger partial charge >= 0.3 is 0 Å². The fourth-order valence-electron chi connectivity index (χ4n) is 2.70. The number of likely N-dealkylation sites (tertiary alicyclic amines) is 1. The zero-order valence-corrected chi connectivity index (χ0v) is 11.3. The first-order chi connectivity index (χ1) is 8.24. The van der Waals surface area contributed by atoms with Crippen molar-refractivity contribution in [2.75, 3.05) is 60.0 Å². The molecule has 2 rings (SSSR count). The smallest absolute Gasteiger partial charge is 0.0826 e. The molecular formula is C13H27N3O. The van der Waals surface area contributed by atoms with Crippen molar-refractivity contribution in [1.29, 1.82) is 0 Å². The Bertz CT molecular complexity index is 217. The van der Waals surface area contributed by atoms with Crippen molar-refractivity contribution in [3.63, 3.8) is 0 Å². The summed E-state index contributed by atoms with van der Waals surface area (Å²) in [7, 11) is 4.39. The minimum atomic E-state index is 0.389. The Balaban J connectivity index is 1.56. The number of piperidine rings is 1. The van der Waals surface area contributed by atoms with Gasteiger partial charge in [-0.05, 0) is 52.5 Å². The van der Waals surface area contributed by atoms with E-state index in [1.54, 1.807) is 0 Å². The van der Waals surface area contributed by atoms with Gasteiger partial charge in [0.1, 0.15) is 0 Å². The van der Waals surface area contributed by atoms with E-state index >= 15 is 0 Å². The molecule has 0 aromatic heterocycles. The molecule has 4 heteroatoms. The van der Waals surface area contributed by atoms with Gasteiger partial charge in [0.15, 0.2) is 0 Å². The number of nitrogens with one attached hydrogen (secondary N) is 1. The molecule has 0 spiro atoms. The molecule has 0 aromatic rings. The van der Waals surface area contributed by atoms with Crippen LogP contribution in [0, 0.1) is 5.92 Å². The Labute approximate surface area is 105 Å². The van der Waals surface area contributed by atoms with Gasteiger partial charge in [-0.25, -0.2) is 0 Å². The number of morpholine rings is 1. The van der Waals surface area contributed by atoms with Crippen LogP contribution in [0.3, 0.4) is 0 Å². The van der Waals surface area contributed by atoms with Crippen LogP contribution in [-0.2, 0) is 4.74 Å². The highest BCUT2D eigenvalue weighted by Crippen LogP contribution is 2.14. The molecule has 0 saturated carbocycles. The molecule has 2 heterocycles. The highest BCUT2D eigenvalue weighted by atomic mass is 16.5. The van der Waals surface area contributed by atoms with Crippen LogP contribution in [-0.4, -0.2) is 75.9 Å². The predicted octanol–water partition coefficient (Wildman–Crippen LogP) is 0.248. The Morgan fingerprint density at radius 3 is 2.53 bits per heavy atom. The summed E-state index contributed by atoms with van der Waals surface area (Å²) in [5, 5.41) is 3.59. The van der Waals surface area contributed by atoms with E-state index in [1.165, 1.54) is 25.9 Å². The summed E-state index contributed by atoms with van der Waals surface area (Å²) >= 11 is 0. The van der Waals surface area contributed by atoms with Crippen LogP contribution < -0.4 is 5.32 Å². The van der Waals surface area contributed by atoms with Crippen LogP contribution in [0.25, 0.3) is 0 Å². The van der Waals surface area contributed by atoms with Crippen molar-refractivity contribution in [3.8, 4) is 0 Å². The van der Waals surface area contributed by atoms with E-state index in [4.69, 9.17) is 4.74 Å². The second-order valence-corrected chi connectivity index (χ2v) is 5.66. The van der Waals surface area contributed by atoms with Gasteiger partial charge in [-0.15, -0.1) is 0 Å². The molecule has 1 N–H and O–H groups in total. The molecule has 1 atom stereocenters. The Morgan fingerprint density at radius 1 is 1.06 bits per heavy atom. The first-order valence-electron chi connectivity index (χ1n) is 6.93. The van der Waals surface area contributed by atoms with Gasteiger partial charge < -0.3 is 19.9 Å². The monoisotopic (exact) mass is 241 g/mol. The van der Waals surface area contributed by atoms with Crippen LogP contribution >= 0.6 is 0 Å². The molecule has 2 aliphatic heterocycles. The minimum Gasteiger partial charge on any atom is -0.374 e. The van der Waals surface area contributed by atoms with Gasteiger partial charge in [-0.3, -0.25) is 0 Å². The number of likely N-dealkylation sites (N-methyl/N-ethyl adjacent to an activating group) is 1. The zero-order chi connectivity index (χ0) is 12.1. The average Bonchev–Trinajstić information content (AvgIpc) is 2.32. The Morgan fingerprint density at radius 2 is 1.82 bits per heavy atom. The number of rotatable bonds is 4. The summed E-state index contributed by atoms with van der Waals surface area (Å²) in [4.78, 5) is 4.78. The lowest BCUT2D eigenvalue weighted by atomic mass is 9.97. The third-order valence-electron chi connectivity index (χ3n) is 3.99. The van der Waals surface area contributed by atoms with Gasteiger partial charge in [0.25, 0.3) is 0 Å². The van der Waals surface area contributed by atoms with Crippen LogP contribution in [0.15, 0.2) is 0 Å². The topological polar surface area (TPSA) is 27.7 Å².